The third-order valence-electron chi connectivity index (χ3n) is 4.23. The van der Waals surface area contributed by atoms with Gasteiger partial charge in [-0.15, -0.1) is 0 Å². The zero-order valence-electron chi connectivity index (χ0n) is 14.3. The average Bonchev–Trinajstić information content (AvgIpc) is 2.67. The number of hydrogen-bond donors (Lipinski definition) is 0. The molecule has 1 aliphatic rings. The topological polar surface area (TPSA) is 66.9 Å². The fourth-order valence-electron chi connectivity index (χ4n) is 2.76. The lowest BCUT2D eigenvalue weighted by molar-refractivity contribution is -0.134. The average molecular weight is 474 g/mol. The number of sulfonamides is 1. The predicted octanol–water partition coefficient (Wildman–Crippen LogP) is 3.01. The Hall–Kier alpha value is -1.61. The van der Waals surface area contributed by atoms with Gasteiger partial charge in [-0.05, 0) is 40.2 Å². The highest BCUT2D eigenvalue weighted by molar-refractivity contribution is 9.10. The van der Waals surface area contributed by atoms with Gasteiger partial charge in [-0.1, -0.05) is 35.9 Å². The molecular formula is C18H18BrClN2O4S. The van der Waals surface area contributed by atoms with Crippen molar-refractivity contribution in [2.24, 2.45) is 0 Å². The lowest BCUT2D eigenvalue weighted by Crippen LogP contribution is -2.51. The molecule has 0 atom stereocenters. The van der Waals surface area contributed by atoms with E-state index in [1.807, 2.05) is 18.2 Å². The minimum atomic E-state index is -3.68. The second kappa shape index (κ2) is 8.60. The lowest BCUT2D eigenvalue weighted by Gasteiger charge is -2.34. The smallest absolute Gasteiger partial charge is 0.260 e. The molecule has 1 aliphatic heterocycles. The van der Waals surface area contributed by atoms with E-state index in [0.29, 0.717) is 18.8 Å². The van der Waals surface area contributed by atoms with E-state index in [9.17, 15) is 13.2 Å². The Balaban J connectivity index is 1.58. The Morgan fingerprint density at radius 1 is 1.04 bits per heavy atom. The van der Waals surface area contributed by atoms with Crippen molar-refractivity contribution in [1.29, 1.82) is 0 Å². The Morgan fingerprint density at radius 3 is 2.33 bits per heavy atom. The van der Waals surface area contributed by atoms with Crippen molar-refractivity contribution in [2.45, 2.75) is 4.90 Å². The van der Waals surface area contributed by atoms with Gasteiger partial charge in [0.1, 0.15) is 10.6 Å². The molecule has 1 saturated heterocycles. The number of carbonyl (C=O) groups is 1. The summed E-state index contributed by atoms with van der Waals surface area (Å²) in [4.78, 5) is 14.1. The van der Waals surface area contributed by atoms with E-state index in [1.165, 1.54) is 10.4 Å². The van der Waals surface area contributed by atoms with Crippen LogP contribution in [0.25, 0.3) is 0 Å². The third-order valence-corrected chi connectivity index (χ3v) is 7.29. The Kier molecular flexibility index (Phi) is 6.41. The summed E-state index contributed by atoms with van der Waals surface area (Å²) in [6, 6.07) is 13.6. The molecule has 0 spiro atoms. The molecule has 3 rings (SSSR count). The molecule has 2 aromatic carbocycles. The van der Waals surface area contributed by atoms with Gasteiger partial charge >= 0.3 is 0 Å². The highest BCUT2D eigenvalue weighted by Gasteiger charge is 2.31. The number of carbonyl (C=O) groups excluding carboxylic acids is 1. The van der Waals surface area contributed by atoms with Crippen LogP contribution in [0, 0.1) is 0 Å². The highest BCUT2D eigenvalue weighted by atomic mass is 79.9. The van der Waals surface area contributed by atoms with Crippen LogP contribution in [0.5, 0.6) is 5.75 Å². The van der Waals surface area contributed by atoms with Crippen molar-refractivity contribution in [1.82, 2.24) is 9.21 Å². The minimum absolute atomic E-state index is 0.0868. The normalized spacial score (nSPS) is 15.6. The number of nitrogens with zero attached hydrogens (tertiary/aromatic N) is 2. The van der Waals surface area contributed by atoms with Gasteiger partial charge in [-0.3, -0.25) is 4.79 Å². The molecule has 144 valence electrons. The van der Waals surface area contributed by atoms with Crippen LogP contribution in [0.3, 0.4) is 0 Å². The van der Waals surface area contributed by atoms with Gasteiger partial charge in [0, 0.05) is 26.2 Å². The van der Waals surface area contributed by atoms with Crippen LogP contribution in [0.2, 0.25) is 5.02 Å². The van der Waals surface area contributed by atoms with Gasteiger partial charge in [0.2, 0.25) is 10.0 Å². The first-order valence-corrected chi connectivity index (χ1v) is 10.9. The number of rotatable bonds is 5. The van der Waals surface area contributed by atoms with Crippen molar-refractivity contribution in [3.05, 3.63) is 58.0 Å². The molecular weight excluding hydrogens is 456 g/mol. The minimum Gasteiger partial charge on any atom is -0.483 e. The van der Waals surface area contributed by atoms with E-state index >= 15 is 0 Å². The van der Waals surface area contributed by atoms with Crippen molar-refractivity contribution in [3.8, 4) is 5.75 Å². The van der Waals surface area contributed by atoms with E-state index in [-0.39, 0.29) is 35.5 Å². The fourth-order valence-corrected chi connectivity index (χ4v) is 5.08. The Bertz CT molecular complexity index is 930. The molecule has 0 saturated carbocycles. The number of halogens is 2. The van der Waals surface area contributed by atoms with Crippen molar-refractivity contribution in [2.75, 3.05) is 32.8 Å². The monoisotopic (exact) mass is 472 g/mol. The van der Waals surface area contributed by atoms with Gasteiger partial charge in [0.15, 0.2) is 6.61 Å². The molecule has 1 amide bonds. The summed E-state index contributed by atoms with van der Waals surface area (Å²) in [5, 5.41) is 0.192. The molecule has 0 radical (unpaired) electrons. The summed E-state index contributed by atoms with van der Waals surface area (Å²) in [7, 11) is -3.68. The fraction of sp³-hybridized carbons (Fsp3) is 0.278. The maximum atomic E-state index is 12.7. The van der Waals surface area contributed by atoms with Crippen LogP contribution < -0.4 is 4.74 Å². The summed E-state index contributed by atoms with van der Waals surface area (Å²) in [5.74, 6) is 0.409. The van der Waals surface area contributed by atoms with Crippen molar-refractivity contribution < 1.29 is 17.9 Å². The van der Waals surface area contributed by atoms with E-state index in [2.05, 4.69) is 15.9 Å². The number of para-hydroxylation sites is 1. The summed E-state index contributed by atoms with van der Waals surface area (Å²) in [6.07, 6.45) is 0. The molecule has 9 heteroatoms. The number of ether oxygens (including phenoxy) is 1. The highest BCUT2D eigenvalue weighted by Crippen LogP contribution is 2.26. The SMILES string of the molecule is O=C(COc1ccccc1Br)N1CCN(S(=O)(=O)c2ccccc2Cl)CC1. The van der Waals surface area contributed by atoms with Crippen LogP contribution in [0.4, 0.5) is 0 Å². The number of benzene rings is 2. The van der Waals surface area contributed by atoms with Crippen LogP contribution in [-0.4, -0.2) is 56.3 Å². The quantitative estimate of drug-likeness (QED) is 0.669. The van der Waals surface area contributed by atoms with E-state index in [1.54, 1.807) is 29.2 Å². The van der Waals surface area contributed by atoms with Gasteiger partial charge in [-0.25, -0.2) is 8.42 Å². The zero-order chi connectivity index (χ0) is 19.4. The second-order valence-electron chi connectivity index (χ2n) is 5.93. The number of amides is 1. The molecule has 27 heavy (non-hydrogen) atoms. The van der Waals surface area contributed by atoms with Gasteiger partial charge < -0.3 is 9.64 Å². The van der Waals surface area contributed by atoms with Gasteiger partial charge in [-0.2, -0.15) is 4.31 Å². The Labute approximate surface area is 171 Å². The second-order valence-corrected chi connectivity index (χ2v) is 9.10. The van der Waals surface area contributed by atoms with Crippen LogP contribution in [-0.2, 0) is 14.8 Å². The molecule has 0 aromatic heterocycles. The Morgan fingerprint density at radius 2 is 1.67 bits per heavy atom. The zero-order valence-corrected chi connectivity index (χ0v) is 17.5. The molecule has 0 unspecified atom stereocenters. The molecule has 1 heterocycles. The standard InChI is InChI=1S/C18H18BrClN2O4S/c19-14-5-1-3-7-16(14)26-13-18(23)21-9-11-22(12-10-21)27(24,25)17-8-4-2-6-15(17)20/h1-8H,9-13H2. The van der Waals surface area contributed by atoms with E-state index in [0.717, 1.165) is 4.47 Å². The molecule has 0 N–H and O–H groups in total. The summed E-state index contributed by atoms with van der Waals surface area (Å²) in [5.41, 5.74) is 0. The predicted molar refractivity (Wildman–Crippen MR) is 106 cm³/mol. The summed E-state index contributed by atoms with van der Waals surface area (Å²) in [6.45, 7) is 0.951. The van der Waals surface area contributed by atoms with Gasteiger partial charge in [0.05, 0.1) is 9.50 Å². The van der Waals surface area contributed by atoms with Crippen LogP contribution in [0.1, 0.15) is 0 Å². The van der Waals surface area contributed by atoms with E-state index in [4.69, 9.17) is 16.3 Å². The largest absolute Gasteiger partial charge is 0.483 e. The molecule has 2 aromatic rings. The van der Waals surface area contributed by atoms with Crippen LogP contribution >= 0.6 is 27.5 Å². The van der Waals surface area contributed by atoms with Crippen molar-refractivity contribution >= 4 is 43.5 Å². The first-order chi connectivity index (χ1) is 12.9. The summed E-state index contributed by atoms with van der Waals surface area (Å²) < 4.78 is 33.2. The maximum absolute atomic E-state index is 12.7. The third kappa shape index (κ3) is 4.63. The first-order valence-electron chi connectivity index (χ1n) is 8.29. The number of piperazine rings is 1. The van der Waals surface area contributed by atoms with Gasteiger partial charge in [0.25, 0.3) is 5.91 Å². The molecule has 0 aliphatic carbocycles. The maximum Gasteiger partial charge on any atom is 0.260 e. The lowest BCUT2D eigenvalue weighted by atomic mass is 10.3. The van der Waals surface area contributed by atoms with Crippen LogP contribution in [0.15, 0.2) is 57.9 Å². The van der Waals surface area contributed by atoms with E-state index < -0.39 is 10.0 Å². The summed E-state index contributed by atoms with van der Waals surface area (Å²) >= 11 is 9.39. The number of hydrogen-bond acceptors (Lipinski definition) is 4. The molecule has 0 bridgehead atoms. The molecule has 6 nitrogen and oxygen atoms in total. The first kappa shape index (κ1) is 20.1. The molecule has 1 fully saturated rings. The van der Waals surface area contributed by atoms with Crippen molar-refractivity contribution in [3.63, 3.8) is 0 Å².